The van der Waals surface area contributed by atoms with Gasteiger partial charge in [-0.25, -0.2) is 0 Å². The maximum Gasteiger partial charge on any atom is 0.0584 e. The predicted molar refractivity (Wildman–Crippen MR) is 75.7 cm³/mol. The summed E-state index contributed by atoms with van der Waals surface area (Å²) in [5, 5.41) is 3.57. The third-order valence-corrected chi connectivity index (χ3v) is 3.58. The number of hydrogen-bond acceptors (Lipinski definition) is 1. The van der Waals surface area contributed by atoms with E-state index in [2.05, 4.69) is 60.4 Å². The zero-order valence-electron chi connectivity index (χ0n) is 10.4. The second-order valence-electron chi connectivity index (χ2n) is 4.70. The Morgan fingerprint density at radius 2 is 1.56 bits per heavy atom. The average molecular weight is 235 g/mol. The topological polar surface area (TPSA) is 12.0 Å². The molecule has 0 atom stereocenters. The Labute approximate surface area is 108 Å². The van der Waals surface area contributed by atoms with Crippen molar-refractivity contribution in [3.8, 4) is 0 Å². The number of nitrogens with one attached hydrogen (secondary N) is 1. The highest BCUT2D eigenvalue weighted by molar-refractivity contribution is 5.48. The summed E-state index contributed by atoms with van der Waals surface area (Å²) in [6.45, 7) is 4.62. The number of benzene rings is 2. The van der Waals surface area contributed by atoms with Gasteiger partial charge in [-0.15, -0.1) is 6.58 Å². The van der Waals surface area contributed by atoms with E-state index in [-0.39, 0.29) is 0 Å². The second kappa shape index (κ2) is 4.79. The largest absolute Gasteiger partial charge is 0.303 e. The lowest BCUT2D eigenvalue weighted by atomic mass is 9.82. The van der Waals surface area contributed by atoms with Gasteiger partial charge in [-0.05, 0) is 28.7 Å². The lowest BCUT2D eigenvalue weighted by molar-refractivity contribution is 0.631. The Bertz CT molecular complexity index is 526. The fraction of sp³-hybridized carbons (Fsp3) is 0.176. The number of fused-ring (bicyclic) bond motifs is 2. The van der Waals surface area contributed by atoms with Crippen LogP contribution in [0.4, 0.5) is 0 Å². The summed E-state index contributed by atoms with van der Waals surface area (Å²) in [6, 6.07) is 17.7. The monoisotopic (exact) mass is 235 g/mol. The molecule has 2 aromatic carbocycles. The second-order valence-corrected chi connectivity index (χ2v) is 4.70. The molecule has 1 nitrogen and oxygen atoms in total. The van der Waals surface area contributed by atoms with Crippen LogP contribution in [0.2, 0.25) is 0 Å². The van der Waals surface area contributed by atoms with Gasteiger partial charge in [0, 0.05) is 6.54 Å². The van der Waals surface area contributed by atoms with E-state index in [1.807, 2.05) is 6.08 Å². The molecule has 0 heterocycles. The fourth-order valence-corrected chi connectivity index (χ4v) is 2.75. The van der Waals surface area contributed by atoms with E-state index in [4.69, 9.17) is 0 Å². The van der Waals surface area contributed by atoms with Gasteiger partial charge in [-0.2, -0.15) is 0 Å². The zero-order chi connectivity index (χ0) is 12.4. The first-order chi connectivity index (χ1) is 8.90. The van der Waals surface area contributed by atoms with E-state index < -0.39 is 0 Å². The van der Waals surface area contributed by atoms with Gasteiger partial charge in [0.2, 0.25) is 0 Å². The highest BCUT2D eigenvalue weighted by Gasteiger charge is 2.23. The van der Waals surface area contributed by atoms with Crippen LogP contribution >= 0.6 is 0 Å². The molecule has 0 amide bonds. The summed E-state index contributed by atoms with van der Waals surface area (Å²) >= 11 is 0. The molecule has 18 heavy (non-hydrogen) atoms. The Hall–Kier alpha value is -1.86. The van der Waals surface area contributed by atoms with Crippen molar-refractivity contribution in [2.45, 2.75) is 12.5 Å². The highest BCUT2D eigenvalue weighted by atomic mass is 14.9. The van der Waals surface area contributed by atoms with Crippen LogP contribution in [0.3, 0.4) is 0 Å². The summed E-state index contributed by atoms with van der Waals surface area (Å²) in [4.78, 5) is 0. The third kappa shape index (κ3) is 1.87. The summed E-state index contributed by atoms with van der Waals surface area (Å²) in [7, 11) is 0. The van der Waals surface area contributed by atoms with Gasteiger partial charge in [-0.3, -0.25) is 0 Å². The Morgan fingerprint density at radius 3 is 2.11 bits per heavy atom. The van der Waals surface area contributed by atoms with Gasteiger partial charge in [0.25, 0.3) is 0 Å². The molecule has 0 bridgehead atoms. The maximum absolute atomic E-state index is 3.79. The van der Waals surface area contributed by atoms with Crippen LogP contribution in [0.15, 0.2) is 61.2 Å². The molecule has 0 radical (unpaired) electrons. The first-order valence-corrected chi connectivity index (χ1v) is 6.40. The molecule has 1 aliphatic rings. The minimum absolute atomic E-state index is 0.296. The van der Waals surface area contributed by atoms with Crippen LogP contribution < -0.4 is 5.32 Å². The molecule has 1 aliphatic carbocycles. The van der Waals surface area contributed by atoms with Crippen molar-refractivity contribution < 1.29 is 0 Å². The van der Waals surface area contributed by atoms with Crippen molar-refractivity contribution in [1.29, 1.82) is 0 Å². The Morgan fingerprint density at radius 1 is 1.00 bits per heavy atom. The molecular weight excluding hydrogens is 218 g/mol. The molecule has 1 heteroatoms. The van der Waals surface area contributed by atoms with E-state index in [0.29, 0.717) is 6.04 Å². The van der Waals surface area contributed by atoms with Crippen molar-refractivity contribution >= 4 is 0 Å². The highest BCUT2D eigenvalue weighted by Crippen LogP contribution is 2.34. The van der Waals surface area contributed by atoms with E-state index in [0.717, 1.165) is 13.0 Å². The van der Waals surface area contributed by atoms with Crippen molar-refractivity contribution in [3.63, 3.8) is 0 Å². The third-order valence-electron chi connectivity index (χ3n) is 3.58. The molecule has 0 unspecified atom stereocenters. The SMILES string of the molecule is C=CCNC1c2ccccc2Cc2ccccc21. The minimum atomic E-state index is 0.296. The Balaban J connectivity index is 2.08. The molecular formula is C17H17N. The standard InChI is InChI=1S/C17H17N/c1-2-11-18-17-15-9-5-3-7-13(15)12-14-8-4-6-10-16(14)17/h2-10,17-18H,1,11-12H2. The van der Waals surface area contributed by atoms with Gasteiger partial charge in [0.05, 0.1) is 6.04 Å². The fourth-order valence-electron chi connectivity index (χ4n) is 2.75. The smallest absolute Gasteiger partial charge is 0.0584 e. The molecule has 0 spiro atoms. The lowest BCUT2D eigenvalue weighted by Gasteiger charge is -2.29. The van der Waals surface area contributed by atoms with Gasteiger partial charge in [0.15, 0.2) is 0 Å². The molecule has 0 aromatic heterocycles. The summed E-state index contributed by atoms with van der Waals surface area (Å²) in [5.41, 5.74) is 5.66. The average Bonchev–Trinajstić information content (AvgIpc) is 2.43. The van der Waals surface area contributed by atoms with Gasteiger partial charge in [-0.1, -0.05) is 54.6 Å². The number of rotatable bonds is 3. The predicted octanol–water partition coefficient (Wildman–Crippen LogP) is 3.46. The Kier molecular flexibility index (Phi) is 2.99. The molecule has 3 rings (SSSR count). The van der Waals surface area contributed by atoms with Crippen LogP contribution in [0, 0.1) is 0 Å². The van der Waals surface area contributed by atoms with Crippen LogP contribution in [0.25, 0.3) is 0 Å². The van der Waals surface area contributed by atoms with E-state index in [9.17, 15) is 0 Å². The van der Waals surface area contributed by atoms with Gasteiger partial charge < -0.3 is 5.32 Å². The van der Waals surface area contributed by atoms with Crippen molar-refractivity contribution in [1.82, 2.24) is 5.32 Å². The molecule has 0 saturated carbocycles. The molecule has 1 N–H and O–H groups in total. The van der Waals surface area contributed by atoms with E-state index in [1.54, 1.807) is 0 Å². The molecule has 0 saturated heterocycles. The first-order valence-electron chi connectivity index (χ1n) is 6.40. The molecule has 90 valence electrons. The summed E-state index contributed by atoms with van der Waals surface area (Å²) in [6.07, 6.45) is 2.96. The van der Waals surface area contributed by atoms with Gasteiger partial charge >= 0.3 is 0 Å². The number of hydrogen-bond donors (Lipinski definition) is 1. The normalized spacial score (nSPS) is 13.8. The van der Waals surface area contributed by atoms with Crippen LogP contribution in [-0.2, 0) is 6.42 Å². The molecule has 2 aromatic rings. The van der Waals surface area contributed by atoms with Crippen LogP contribution in [-0.4, -0.2) is 6.54 Å². The first kappa shape index (κ1) is 11.2. The summed E-state index contributed by atoms with van der Waals surface area (Å²) < 4.78 is 0. The molecule has 0 aliphatic heterocycles. The lowest BCUT2D eigenvalue weighted by Crippen LogP contribution is -2.27. The zero-order valence-corrected chi connectivity index (χ0v) is 10.4. The quantitative estimate of drug-likeness (QED) is 0.803. The van der Waals surface area contributed by atoms with Gasteiger partial charge in [0.1, 0.15) is 0 Å². The maximum atomic E-state index is 3.79. The van der Waals surface area contributed by atoms with Crippen molar-refractivity contribution in [2.24, 2.45) is 0 Å². The minimum Gasteiger partial charge on any atom is -0.303 e. The summed E-state index contributed by atoms with van der Waals surface area (Å²) in [5.74, 6) is 0. The van der Waals surface area contributed by atoms with Crippen LogP contribution in [0.1, 0.15) is 28.3 Å². The molecule has 0 fully saturated rings. The van der Waals surface area contributed by atoms with E-state index >= 15 is 0 Å². The van der Waals surface area contributed by atoms with Crippen molar-refractivity contribution in [2.75, 3.05) is 6.54 Å². The van der Waals surface area contributed by atoms with Crippen molar-refractivity contribution in [3.05, 3.63) is 83.4 Å². The van der Waals surface area contributed by atoms with E-state index in [1.165, 1.54) is 22.3 Å². The van der Waals surface area contributed by atoms with Crippen LogP contribution in [0.5, 0.6) is 0 Å².